The van der Waals surface area contributed by atoms with Crippen LogP contribution in [0.2, 0.25) is 0 Å². The Morgan fingerprint density at radius 1 is 1.33 bits per heavy atom. The molecule has 2 atom stereocenters. The molecule has 0 bridgehead atoms. The minimum Gasteiger partial charge on any atom is -0.481 e. The summed E-state index contributed by atoms with van der Waals surface area (Å²) in [5.74, 6) is -1.79. The fourth-order valence-electron chi connectivity index (χ4n) is 1.48. The van der Waals surface area contributed by atoms with Crippen molar-refractivity contribution in [1.82, 2.24) is 0 Å². The molecule has 0 amide bonds. The molecule has 0 saturated heterocycles. The molecular weight excluding hydrogens is 240 g/mol. The Morgan fingerprint density at radius 3 is 2.56 bits per heavy atom. The van der Waals surface area contributed by atoms with Crippen LogP contribution in [0, 0.1) is 0 Å². The van der Waals surface area contributed by atoms with Crippen molar-refractivity contribution >= 4 is 11.9 Å². The summed E-state index contributed by atoms with van der Waals surface area (Å²) in [6.07, 6.45) is -3.38. The Kier molecular flexibility index (Phi) is 4.82. The summed E-state index contributed by atoms with van der Waals surface area (Å²) in [6, 6.07) is 5.84. The molecular formula is C12H14O6. The van der Waals surface area contributed by atoms with Gasteiger partial charge in [-0.1, -0.05) is 12.1 Å². The van der Waals surface area contributed by atoms with Crippen LogP contribution in [0.1, 0.15) is 28.4 Å². The van der Waals surface area contributed by atoms with Gasteiger partial charge in [-0.2, -0.15) is 0 Å². The Labute approximate surface area is 103 Å². The van der Waals surface area contributed by atoms with E-state index in [1.165, 1.54) is 31.4 Å². The van der Waals surface area contributed by atoms with Crippen molar-refractivity contribution in [1.29, 1.82) is 0 Å². The van der Waals surface area contributed by atoms with Gasteiger partial charge in [-0.15, -0.1) is 0 Å². The first-order valence-electron chi connectivity index (χ1n) is 5.22. The van der Waals surface area contributed by atoms with Crippen molar-refractivity contribution in [3.63, 3.8) is 0 Å². The first-order chi connectivity index (χ1) is 8.45. The Morgan fingerprint density at radius 2 is 2.00 bits per heavy atom. The number of carbonyl (C=O) groups excluding carboxylic acids is 1. The van der Waals surface area contributed by atoms with Gasteiger partial charge in [0.15, 0.2) is 0 Å². The average molecular weight is 254 g/mol. The summed E-state index contributed by atoms with van der Waals surface area (Å²) in [6.45, 7) is 0. The third-order valence-corrected chi connectivity index (χ3v) is 2.40. The van der Waals surface area contributed by atoms with Gasteiger partial charge in [0.1, 0.15) is 6.10 Å². The van der Waals surface area contributed by atoms with Crippen LogP contribution in [0.4, 0.5) is 0 Å². The zero-order valence-electron chi connectivity index (χ0n) is 9.74. The van der Waals surface area contributed by atoms with E-state index in [0.717, 1.165) is 0 Å². The van der Waals surface area contributed by atoms with Crippen LogP contribution in [0.25, 0.3) is 0 Å². The molecule has 1 aromatic carbocycles. The predicted molar refractivity (Wildman–Crippen MR) is 61.0 cm³/mol. The van der Waals surface area contributed by atoms with Crippen molar-refractivity contribution in [3.05, 3.63) is 35.4 Å². The number of aliphatic carboxylic acids is 1. The zero-order valence-corrected chi connectivity index (χ0v) is 9.74. The number of hydrogen-bond acceptors (Lipinski definition) is 5. The minimum atomic E-state index is -1.43. The maximum Gasteiger partial charge on any atom is 0.337 e. The highest BCUT2D eigenvalue weighted by Crippen LogP contribution is 2.20. The van der Waals surface area contributed by atoms with E-state index in [2.05, 4.69) is 4.74 Å². The molecule has 1 aromatic rings. The molecule has 2 unspecified atom stereocenters. The first kappa shape index (κ1) is 14.1. The summed E-state index contributed by atoms with van der Waals surface area (Å²) in [5.41, 5.74) is 0.475. The number of carboxylic acid groups (broad SMARTS) is 1. The fraction of sp³-hybridized carbons (Fsp3) is 0.333. The topological polar surface area (TPSA) is 104 Å². The molecule has 0 aliphatic carbocycles. The van der Waals surface area contributed by atoms with E-state index in [9.17, 15) is 19.8 Å². The predicted octanol–water partition coefficient (Wildman–Crippen LogP) is 0.342. The Balaban J connectivity index is 2.89. The van der Waals surface area contributed by atoms with E-state index in [1.807, 2.05) is 0 Å². The highest BCUT2D eigenvalue weighted by atomic mass is 16.5. The number of ether oxygens (including phenoxy) is 1. The quantitative estimate of drug-likeness (QED) is 0.655. The second kappa shape index (κ2) is 6.13. The molecule has 0 aromatic heterocycles. The molecule has 98 valence electrons. The average Bonchev–Trinajstić information content (AvgIpc) is 2.36. The molecule has 0 saturated carbocycles. The zero-order chi connectivity index (χ0) is 13.7. The van der Waals surface area contributed by atoms with Gasteiger partial charge >= 0.3 is 11.9 Å². The molecule has 0 aliphatic heterocycles. The van der Waals surface area contributed by atoms with Crippen LogP contribution >= 0.6 is 0 Å². The lowest BCUT2D eigenvalue weighted by Crippen LogP contribution is -2.22. The van der Waals surface area contributed by atoms with Gasteiger partial charge in [-0.3, -0.25) is 4.79 Å². The number of benzene rings is 1. The lowest BCUT2D eigenvalue weighted by Gasteiger charge is -2.16. The molecule has 0 heterocycles. The minimum absolute atomic E-state index is 0.219. The molecule has 3 N–H and O–H groups in total. The number of aliphatic hydroxyl groups is 2. The standard InChI is InChI=1S/C12H14O6/c1-18-12(17)8-4-2-3-7(5-8)11(16)9(13)6-10(14)15/h2-5,9,11,13,16H,6H2,1H3,(H,14,15). The van der Waals surface area contributed by atoms with E-state index in [-0.39, 0.29) is 11.1 Å². The second-order valence-electron chi connectivity index (χ2n) is 3.73. The van der Waals surface area contributed by atoms with Crippen molar-refractivity contribution < 1.29 is 29.6 Å². The molecule has 0 aliphatic rings. The normalized spacial score (nSPS) is 13.7. The van der Waals surface area contributed by atoms with Crippen LogP contribution in [-0.4, -0.2) is 40.5 Å². The van der Waals surface area contributed by atoms with Gasteiger partial charge < -0.3 is 20.1 Å². The van der Waals surface area contributed by atoms with E-state index in [1.54, 1.807) is 0 Å². The second-order valence-corrected chi connectivity index (χ2v) is 3.73. The SMILES string of the molecule is COC(=O)c1cccc(C(O)C(O)CC(=O)O)c1. The third kappa shape index (κ3) is 3.54. The number of carboxylic acids is 1. The maximum absolute atomic E-state index is 11.3. The molecule has 0 fully saturated rings. The third-order valence-electron chi connectivity index (χ3n) is 2.40. The largest absolute Gasteiger partial charge is 0.481 e. The smallest absolute Gasteiger partial charge is 0.337 e. The summed E-state index contributed by atoms with van der Waals surface area (Å²) in [4.78, 5) is 21.7. The van der Waals surface area contributed by atoms with Crippen molar-refractivity contribution in [2.24, 2.45) is 0 Å². The monoisotopic (exact) mass is 254 g/mol. The van der Waals surface area contributed by atoms with Gasteiger partial charge in [0.25, 0.3) is 0 Å². The summed E-state index contributed by atoms with van der Waals surface area (Å²) >= 11 is 0. The maximum atomic E-state index is 11.3. The van der Waals surface area contributed by atoms with Crippen molar-refractivity contribution in [3.8, 4) is 0 Å². The van der Waals surface area contributed by atoms with Gasteiger partial charge in [0, 0.05) is 0 Å². The van der Waals surface area contributed by atoms with Gasteiger partial charge in [-0.25, -0.2) is 4.79 Å². The van der Waals surface area contributed by atoms with E-state index in [0.29, 0.717) is 0 Å². The summed E-state index contributed by atoms with van der Waals surface area (Å²) < 4.78 is 4.52. The lowest BCUT2D eigenvalue weighted by atomic mass is 10.0. The van der Waals surface area contributed by atoms with Crippen LogP contribution in [-0.2, 0) is 9.53 Å². The highest BCUT2D eigenvalue weighted by molar-refractivity contribution is 5.89. The molecule has 0 radical (unpaired) electrons. The van der Waals surface area contributed by atoms with Gasteiger partial charge in [0.2, 0.25) is 0 Å². The van der Waals surface area contributed by atoms with Crippen molar-refractivity contribution in [2.45, 2.75) is 18.6 Å². The number of carbonyl (C=O) groups is 2. The van der Waals surface area contributed by atoms with E-state index < -0.39 is 30.6 Å². The first-order valence-corrected chi connectivity index (χ1v) is 5.22. The van der Waals surface area contributed by atoms with Crippen LogP contribution in [0.3, 0.4) is 0 Å². The molecule has 0 spiro atoms. The van der Waals surface area contributed by atoms with E-state index in [4.69, 9.17) is 5.11 Å². The Bertz CT molecular complexity index is 442. The molecule has 6 heteroatoms. The van der Waals surface area contributed by atoms with Crippen LogP contribution in [0.5, 0.6) is 0 Å². The number of methoxy groups -OCH3 is 1. The van der Waals surface area contributed by atoms with Gasteiger partial charge in [-0.05, 0) is 17.7 Å². The molecule has 1 rings (SSSR count). The Hall–Kier alpha value is -1.92. The van der Waals surface area contributed by atoms with Crippen LogP contribution in [0.15, 0.2) is 24.3 Å². The number of rotatable bonds is 5. The fourth-order valence-corrected chi connectivity index (χ4v) is 1.48. The lowest BCUT2D eigenvalue weighted by molar-refractivity contribution is -0.141. The van der Waals surface area contributed by atoms with Gasteiger partial charge in [0.05, 0.1) is 25.2 Å². The molecule has 6 nitrogen and oxygen atoms in total. The molecule has 18 heavy (non-hydrogen) atoms. The number of esters is 1. The number of aliphatic hydroxyl groups excluding tert-OH is 2. The van der Waals surface area contributed by atoms with Crippen LogP contribution < -0.4 is 0 Å². The summed E-state index contributed by atoms with van der Waals surface area (Å²) in [5, 5.41) is 27.7. The van der Waals surface area contributed by atoms with E-state index >= 15 is 0 Å². The number of hydrogen-bond donors (Lipinski definition) is 3. The summed E-state index contributed by atoms with van der Waals surface area (Å²) in [7, 11) is 1.23. The van der Waals surface area contributed by atoms with Crippen molar-refractivity contribution in [2.75, 3.05) is 7.11 Å². The highest BCUT2D eigenvalue weighted by Gasteiger charge is 2.21.